The summed E-state index contributed by atoms with van der Waals surface area (Å²) in [7, 11) is 0. The molecule has 2 nitrogen and oxygen atoms in total. The first kappa shape index (κ1) is 7.32. The number of rotatable bonds is 0. The topological polar surface area (TPSA) is 37.3 Å². The number of allylic oxidation sites excluding steroid dienone is 1. The van der Waals surface area contributed by atoms with E-state index < -0.39 is 0 Å². The van der Waals surface area contributed by atoms with Crippen molar-refractivity contribution in [3.63, 3.8) is 0 Å². The van der Waals surface area contributed by atoms with E-state index in [0.29, 0.717) is 12.0 Å². The van der Waals surface area contributed by atoms with Gasteiger partial charge in [-0.3, -0.25) is 4.79 Å². The maximum absolute atomic E-state index is 11.0. The molecule has 0 unspecified atom stereocenters. The SMILES string of the molecule is C[C@@H]1CCCC(=O)/C1=C\O. The lowest BCUT2D eigenvalue weighted by molar-refractivity contribution is -0.117. The molecular weight excluding hydrogens is 128 g/mol. The first-order valence-electron chi connectivity index (χ1n) is 3.63. The Bertz CT molecular complexity index is 170. The van der Waals surface area contributed by atoms with Gasteiger partial charge in [-0.05, 0) is 18.8 Å². The Morgan fingerprint density at radius 3 is 2.80 bits per heavy atom. The monoisotopic (exact) mass is 140 g/mol. The van der Waals surface area contributed by atoms with Crippen LogP contribution in [0.5, 0.6) is 0 Å². The second-order valence-corrected chi connectivity index (χ2v) is 2.80. The smallest absolute Gasteiger partial charge is 0.162 e. The van der Waals surface area contributed by atoms with Gasteiger partial charge in [0, 0.05) is 12.0 Å². The zero-order valence-corrected chi connectivity index (χ0v) is 6.13. The van der Waals surface area contributed by atoms with E-state index in [2.05, 4.69) is 0 Å². The van der Waals surface area contributed by atoms with Crippen LogP contribution in [-0.4, -0.2) is 10.9 Å². The Kier molecular flexibility index (Phi) is 2.10. The number of hydrogen-bond donors (Lipinski definition) is 1. The third-order valence-electron chi connectivity index (χ3n) is 2.03. The van der Waals surface area contributed by atoms with Crippen LogP contribution in [0.25, 0.3) is 0 Å². The fourth-order valence-corrected chi connectivity index (χ4v) is 1.34. The average Bonchev–Trinajstić information content (AvgIpc) is 1.88. The number of Topliss-reactive ketones (excluding diaryl/α,β-unsaturated/α-hetero) is 1. The second kappa shape index (κ2) is 2.86. The van der Waals surface area contributed by atoms with Crippen molar-refractivity contribution in [2.24, 2.45) is 5.92 Å². The number of ketones is 1. The van der Waals surface area contributed by atoms with Gasteiger partial charge in [-0.25, -0.2) is 0 Å². The van der Waals surface area contributed by atoms with E-state index in [4.69, 9.17) is 5.11 Å². The minimum Gasteiger partial charge on any atom is -0.515 e. The highest BCUT2D eigenvalue weighted by molar-refractivity contribution is 5.96. The van der Waals surface area contributed by atoms with E-state index in [1.54, 1.807) is 0 Å². The lowest BCUT2D eigenvalue weighted by Crippen LogP contribution is -2.16. The fourth-order valence-electron chi connectivity index (χ4n) is 1.34. The van der Waals surface area contributed by atoms with Gasteiger partial charge in [-0.2, -0.15) is 0 Å². The van der Waals surface area contributed by atoms with Crippen LogP contribution in [0, 0.1) is 5.92 Å². The van der Waals surface area contributed by atoms with Gasteiger partial charge in [0.15, 0.2) is 5.78 Å². The predicted molar refractivity (Wildman–Crippen MR) is 38.7 cm³/mol. The summed E-state index contributed by atoms with van der Waals surface area (Å²) in [5.41, 5.74) is 0.603. The number of carbonyl (C=O) groups excluding carboxylic acids is 1. The van der Waals surface area contributed by atoms with Crippen LogP contribution in [0.1, 0.15) is 26.2 Å². The molecule has 0 amide bonds. The Balaban J connectivity index is 2.73. The molecule has 0 aromatic carbocycles. The summed E-state index contributed by atoms with van der Waals surface area (Å²) in [5, 5.41) is 8.65. The van der Waals surface area contributed by atoms with Gasteiger partial charge in [0.05, 0.1) is 6.26 Å². The van der Waals surface area contributed by atoms with Crippen molar-refractivity contribution in [1.82, 2.24) is 0 Å². The molecule has 1 aliphatic rings. The normalized spacial score (nSPS) is 31.1. The fraction of sp³-hybridized carbons (Fsp3) is 0.625. The Labute approximate surface area is 60.6 Å². The highest BCUT2D eigenvalue weighted by Gasteiger charge is 2.21. The summed E-state index contributed by atoms with van der Waals surface area (Å²) in [6.45, 7) is 1.97. The first-order valence-corrected chi connectivity index (χ1v) is 3.63. The van der Waals surface area contributed by atoms with Crippen LogP contribution in [0.15, 0.2) is 11.8 Å². The Morgan fingerprint density at radius 2 is 2.40 bits per heavy atom. The molecule has 56 valence electrons. The van der Waals surface area contributed by atoms with Crippen LogP contribution in [0.3, 0.4) is 0 Å². The molecule has 0 saturated heterocycles. The molecule has 0 aromatic heterocycles. The number of aliphatic hydroxyl groups excluding tert-OH is 1. The number of aliphatic hydroxyl groups is 1. The van der Waals surface area contributed by atoms with Gasteiger partial charge in [0.2, 0.25) is 0 Å². The van der Waals surface area contributed by atoms with Crippen LogP contribution in [0.2, 0.25) is 0 Å². The summed E-state index contributed by atoms with van der Waals surface area (Å²) in [5.74, 6) is 0.368. The van der Waals surface area contributed by atoms with E-state index >= 15 is 0 Å². The highest BCUT2D eigenvalue weighted by atomic mass is 16.2. The van der Waals surface area contributed by atoms with E-state index in [-0.39, 0.29) is 11.7 Å². The molecule has 1 aliphatic carbocycles. The highest BCUT2D eigenvalue weighted by Crippen LogP contribution is 2.25. The van der Waals surface area contributed by atoms with Crippen molar-refractivity contribution in [2.75, 3.05) is 0 Å². The molecular formula is C8H12O2. The average molecular weight is 140 g/mol. The third kappa shape index (κ3) is 1.20. The molecule has 1 rings (SSSR count). The molecule has 1 fully saturated rings. The predicted octanol–water partition coefficient (Wildman–Crippen LogP) is 1.82. The minimum absolute atomic E-state index is 0.112. The van der Waals surface area contributed by atoms with Crippen LogP contribution in [0.4, 0.5) is 0 Å². The molecule has 0 aromatic rings. The zero-order chi connectivity index (χ0) is 7.56. The van der Waals surface area contributed by atoms with Gasteiger partial charge in [0.25, 0.3) is 0 Å². The maximum atomic E-state index is 11.0. The van der Waals surface area contributed by atoms with Crippen molar-refractivity contribution >= 4 is 5.78 Å². The van der Waals surface area contributed by atoms with Gasteiger partial charge >= 0.3 is 0 Å². The van der Waals surface area contributed by atoms with E-state index in [0.717, 1.165) is 19.1 Å². The molecule has 0 aliphatic heterocycles. The maximum Gasteiger partial charge on any atom is 0.162 e. The molecule has 0 heterocycles. The third-order valence-corrected chi connectivity index (χ3v) is 2.03. The van der Waals surface area contributed by atoms with Gasteiger partial charge in [-0.1, -0.05) is 6.92 Å². The minimum atomic E-state index is 0.112. The summed E-state index contributed by atoms with van der Waals surface area (Å²) < 4.78 is 0. The van der Waals surface area contributed by atoms with Crippen LogP contribution < -0.4 is 0 Å². The first-order chi connectivity index (χ1) is 4.75. The Morgan fingerprint density at radius 1 is 1.70 bits per heavy atom. The standard InChI is InChI=1S/C8H12O2/c1-6-3-2-4-8(10)7(6)5-9/h5-6,9H,2-4H2,1H3/b7-5-/t6-/m1/s1. The summed E-state index contributed by atoms with van der Waals surface area (Å²) in [4.78, 5) is 11.0. The molecule has 0 spiro atoms. The molecule has 1 saturated carbocycles. The van der Waals surface area contributed by atoms with Crippen molar-refractivity contribution in [1.29, 1.82) is 0 Å². The van der Waals surface area contributed by atoms with Gasteiger partial charge in [0.1, 0.15) is 0 Å². The second-order valence-electron chi connectivity index (χ2n) is 2.80. The molecule has 2 heteroatoms. The van der Waals surface area contributed by atoms with E-state index in [9.17, 15) is 4.79 Å². The largest absolute Gasteiger partial charge is 0.515 e. The van der Waals surface area contributed by atoms with Gasteiger partial charge < -0.3 is 5.11 Å². The lowest BCUT2D eigenvalue weighted by atomic mass is 9.85. The summed E-state index contributed by atoms with van der Waals surface area (Å²) >= 11 is 0. The summed E-state index contributed by atoms with van der Waals surface area (Å²) in [6, 6.07) is 0. The quantitative estimate of drug-likeness (QED) is 0.411. The number of carbonyl (C=O) groups is 1. The molecule has 0 bridgehead atoms. The Hall–Kier alpha value is -0.790. The summed E-state index contributed by atoms with van der Waals surface area (Å²) in [6.07, 6.45) is 3.57. The molecule has 0 radical (unpaired) electrons. The lowest BCUT2D eigenvalue weighted by Gasteiger charge is -2.18. The zero-order valence-electron chi connectivity index (χ0n) is 6.13. The van der Waals surface area contributed by atoms with Crippen LogP contribution >= 0.6 is 0 Å². The number of hydrogen-bond acceptors (Lipinski definition) is 2. The van der Waals surface area contributed by atoms with Crippen molar-refractivity contribution in [3.05, 3.63) is 11.8 Å². The van der Waals surface area contributed by atoms with E-state index in [1.807, 2.05) is 6.92 Å². The van der Waals surface area contributed by atoms with Crippen molar-refractivity contribution in [2.45, 2.75) is 26.2 Å². The van der Waals surface area contributed by atoms with E-state index in [1.165, 1.54) is 0 Å². The molecule has 1 N–H and O–H groups in total. The molecule has 10 heavy (non-hydrogen) atoms. The van der Waals surface area contributed by atoms with Gasteiger partial charge in [-0.15, -0.1) is 0 Å². The van der Waals surface area contributed by atoms with Crippen molar-refractivity contribution < 1.29 is 9.90 Å². The molecule has 1 atom stereocenters. The van der Waals surface area contributed by atoms with Crippen LogP contribution in [-0.2, 0) is 4.79 Å². The van der Waals surface area contributed by atoms with Crippen molar-refractivity contribution in [3.8, 4) is 0 Å².